The number of hydrogen-bond acceptors (Lipinski definition) is 2. The van der Waals surface area contributed by atoms with Crippen LogP contribution in [0.3, 0.4) is 0 Å². The fourth-order valence-electron chi connectivity index (χ4n) is 2.69. The first-order chi connectivity index (χ1) is 9.22. The molecule has 2 rings (SSSR count). The van der Waals surface area contributed by atoms with E-state index in [-0.39, 0.29) is 11.5 Å². The van der Waals surface area contributed by atoms with Gasteiger partial charge in [0.2, 0.25) is 0 Å². The molecule has 0 bridgehead atoms. The van der Waals surface area contributed by atoms with Gasteiger partial charge in [0.15, 0.2) is 0 Å². The highest BCUT2D eigenvalue weighted by molar-refractivity contribution is 5.94. The first-order valence-corrected chi connectivity index (χ1v) is 6.98. The molecule has 1 aromatic carbocycles. The molecule has 2 atom stereocenters. The van der Waals surface area contributed by atoms with Gasteiger partial charge in [-0.3, -0.25) is 4.79 Å². The van der Waals surface area contributed by atoms with Crippen molar-refractivity contribution in [2.45, 2.75) is 32.2 Å². The topological polar surface area (TPSA) is 41.1 Å². The second-order valence-electron chi connectivity index (χ2n) is 5.06. The van der Waals surface area contributed by atoms with E-state index in [0.29, 0.717) is 18.5 Å². The summed E-state index contributed by atoms with van der Waals surface area (Å²) in [7, 11) is 0. The van der Waals surface area contributed by atoms with E-state index >= 15 is 0 Å². The second-order valence-corrected chi connectivity index (χ2v) is 5.06. The number of rotatable bonds is 4. The third-order valence-corrected chi connectivity index (χ3v) is 3.85. The molecule has 104 valence electrons. The summed E-state index contributed by atoms with van der Waals surface area (Å²) in [6.07, 6.45) is 3.49. The van der Waals surface area contributed by atoms with Crippen molar-refractivity contribution in [1.82, 2.24) is 10.6 Å². The number of benzene rings is 1. The van der Waals surface area contributed by atoms with Crippen molar-refractivity contribution in [3.8, 4) is 0 Å². The highest BCUT2D eigenvalue weighted by atomic mass is 19.1. The number of nitrogens with one attached hydrogen (secondary N) is 2. The smallest absolute Gasteiger partial charge is 0.254 e. The number of piperidine rings is 1. The number of halogens is 1. The third-order valence-electron chi connectivity index (χ3n) is 3.85. The molecule has 1 aliphatic rings. The Kier molecular flexibility index (Phi) is 4.91. The summed E-state index contributed by atoms with van der Waals surface area (Å²) in [6, 6.07) is 6.38. The summed E-state index contributed by atoms with van der Waals surface area (Å²) in [5.41, 5.74) is 0.117. The van der Waals surface area contributed by atoms with E-state index in [9.17, 15) is 9.18 Å². The molecule has 0 aliphatic carbocycles. The highest BCUT2D eigenvalue weighted by Gasteiger charge is 2.23. The number of carbonyl (C=O) groups is 1. The minimum atomic E-state index is -0.469. The van der Waals surface area contributed by atoms with E-state index < -0.39 is 5.82 Å². The van der Waals surface area contributed by atoms with Gasteiger partial charge in [-0.1, -0.05) is 25.5 Å². The van der Waals surface area contributed by atoms with Crippen LogP contribution in [0.15, 0.2) is 24.3 Å². The molecule has 1 saturated heterocycles. The van der Waals surface area contributed by atoms with Crippen molar-refractivity contribution in [3.63, 3.8) is 0 Å². The normalized spacial score (nSPS) is 23.1. The lowest BCUT2D eigenvalue weighted by Gasteiger charge is -2.32. The van der Waals surface area contributed by atoms with Gasteiger partial charge in [0.25, 0.3) is 5.91 Å². The molecule has 0 saturated carbocycles. The Hall–Kier alpha value is -1.42. The molecular formula is C15H21FN2O. The zero-order valence-electron chi connectivity index (χ0n) is 11.3. The first-order valence-electron chi connectivity index (χ1n) is 6.98. The largest absolute Gasteiger partial charge is 0.350 e. The summed E-state index contributed by atoms with van der Waals surface area (Å²) in [5.74, 6) is -0.210. The Morgan fingerprint density at radius 1 is 1.47 bits per heavy atom. The van der Waals surface area contributed by atoms with Crippen LogP contribution in [-0.4, -0.2) is 25.0 Å². The summed E-state index contributed by atoms with van der Waals surface area (Å²) in [5, 5.41) is 6.27. The maximum Gasteiger partial charge on any atom is 0.254 e. The Labute approximate surface area is 113 Å². The molecule has 0 spiro atoms. The highest BCUT2D eigenvalue weighted by Crippen LogP contribution is 2.19. The van der Waals surface area contributed by atoms with Crippen LogP contribution in [0.5, 0.6) is 0 Å². The lowest BCUT2D eigenvalue weighted by molar-refractivity contribution is 0.0938. The molecule has 1 amide bonds. The second kappa shape index (κ2) is 6.66. The molecule has 3 nitrogen and oxygen atoms in total. The van der Waals surface area contributed by atoms with Gasteiger partial charge in [-0.2, -0.15) is 0 Å². The SMILES string of the molecule is CCC1CCCNC1CNC(=O)c1ccccc1F. The van der Waals surface area contributed by atoms with E-state index in [1.165, 1.54) is 25.0 Å². The molecule has 4 heteroatoms. The monoisotopic (exact) mass is 264 g/mol. The Morgan fingerprint density at radius 2 is 2.26 bits per heavy atom. The fourth-order valence-corrected chi connectivity index (χ4v) is 2.69. The van der Waals surface area contributed by atoms with E-state index in [0.717, 1.165) is 13.0 Å². The van der Waals surface area contributed by atoms with Crippen LogP contribution in [0.4, 0.5) is 4.39 Å². The van der Waals surface area contributed by atoms with Gasteiger partial charge in [-0.15, -0.1) is 0 Å². The first kappa shape index (κ1) is 14.0. The van der Waals surface area contributed by atoms with Crippen LogP contribution in [-0.2, 0) is 0 Å². The lowest BCUT2D eigenvalue weighted by atomic mass is 9.88. The van der Waals surface area contributed by atoms with E-state index in [1.807, 2.05) is 0 Å². The molecule has 0 radical (unpaired) electrons. The maximum atomic E-state index is 13.5. The van der Waals surface area contributed by atoms with Crippen LogP contribution in [0, 0.1) is 11.7 Å². The van der Waals surface area contributed by atoms with Gasteiger partial charge in [0.1, 0.15) is 5.82 Å². The summed E-state index contributed by atoms with van der Waals surface area (Å²) >= 11 is 0. The molecule has 0 aromatic heterocycles. The number of hydrogen-bond donors (Lipinski definition) is 2. The molecule has 1 heterocycles. The minimum Gasteiger partial charge on any atom is -0.350 e. The lowest BCUT2D eigenvalue weighted by Crippen LogP contribution is -2.48. The van der Waals surface area contributed by atoms with Crippen molar-refractivity contribution in [1.29, 1.82) is 0 Å². The van der Waals surface area contributed by atoms with Crippen LogP contribution >= 0.6 is 0 Å². The van der Waals surface area contributed by atoms with Crippen molar-refractivity contribution >= 4 is 5.91 Å². The molecule has 2 N–H and O–H groups in total. The summed E-state index contributed by atoms with van der Waals surface area (Å²) in [6.45, 7) is 3.73. The standard InChI is InChI=1S/C15H21FN2O/c1-2-11-6-5-9-17-14(11)10-18-15(19)12-7-3-4-8-13(12)16/h3-4,7-8,11,14,17H,2,5-6,9-10H2,1H3,(H,18,19). The van der Waals surface area contributed by atoms with E-state index in [2.05, 4.69) is 17.6 Å². The van der Waals surface area contributed by atoms with Gasteiger partial charge >= 0.3 is 0 Å². The molecular weight excluding hydrogens is 243 g/mol. The van der Waals surface area contributed by atoms with Gasteiger partial charge in [0.05, 0.1) is 5.56 Å². The molecule has 1 aliphatic heterocycles. The van der Waals surface area contributed by atoms with Crippen molar-refractivity contribution in [2.75, 3.05) is 13.1 Å². The van der Waals surface area contributed by atoms with E-state index in [1.54, 1.807) is 12.1 Å². The van der Waals surface area contributed by atoms with E-state index in [4.69, 9.17) is 0 Å². The zero-order chi connectivity index (χ0) is 13.7. The number of amides is 1. The quantitative estimate of drug-likeness (QED) is 0.876. The Balaban J connectivity index is 1.91. The van der Waals surface area contributed by atoms with Crippen LogP contribution in [0.1, 0.15) is 36.5 Å². The van der Waals surface area contributed by atoms with Crippen LogP contribution in [0.2, 0.25) is 0 Å². The average molecular weight is 264 g/mol. The fraction of sp³-hybridized carbons (Fsp3) is 0.533. The number of carbonyl (C=O) groups excluding carboxylic acids is 1. The van der Waals surface area contributed by atoms with Gasteiger partial charge in [0, 0.05) is 12.6 Å². The summed E-state index contributed by atoms with van der Waals surface area (Å²) in [4.78, 5) is 11.9. The molecule has 1 aromatic rings. The molecule has 19 heavy (non-hydrogen) atoms. The third kappa shape index (κ3) is 3.53. The average Bonchev–Trinajstić information content (AvgIpc) is 2.45. The maximum absolute atomic E-state index is 13.5. The molecule has 1 fully saturated rings. The van der Waals surface area contributed by atoms with Crippen molar-refractivity contribution < 1.29 is 9.18 Å². The van der Waals surface area contributed by atoms with Gasteiger partial charge < -0.3 is 10.6 Å². The Morgan fingerprint density at radius 3 is 3.00 bits per heavy atom. The van der Waals surface area contributed by atoms with Crippen LogP contribution in [0.25, 0.3) is 0 Å². The zero-order valence-corrected chi connectivity index (χ0v) is 11.3. The van der Waals surface area contributed by atoms with Crippen LogP contribution < -0.4 is 10.6 Å². The van der Waals surface area contributed by atoms with Gasteiger partial charge in [-0.05, 0) is 37.4 Å². The minimum absolute atomic E-state index is 0.117. The summed E-state index contributed by atoms with van der Waals surface area (Å²) < 4.78 is 13.5. The van der Waals surface area contributed by atoms with Crippen molar-refractivity contribution in [3.05, 3.63) is 35.6 Å². The van der Waals surface area contributed by atoms with Crippen molar-refractivity contribution in [2.24, 2.45) is 5.92 Å². The Bertz CT molecular complexity index is 436. The predicted octanol–water partition coefficient (Wildman–Crippen LogP) is 2.33. The van der Waals surface area contributed by atoms with Gasteiger partial charge in [-0.25, -0.2) is 4.39 Å². The molecule has 2 unspecified atom stereocenters. The predicted molar refractivity (Wildman–Crippen MR) is 73.5 cm³/mol.